The van der Waals surface area contributed by atoms with Gasteiger partial charge in [-0.3, -0.25) is 9.59 Å². The molecule has 1 N–H and O–H groups in total. The summed E-state index contributed by atoms with van der Waals surface area (Å²) in [6.45, 7) is 6.96. The van der Waals surface area contributed by atoms with Crippen molar-refractivity contribution in [3.05, 3.63) is 30.1 Å². The Hall–Kier alpha value is -2.37. The van der Waals surface area contributed by atoms with Gasteiger partial charge in [-0.15, -0.1) is 0 Å². The third-order valence-corrected chi connectivity index (χ3v) is 3.58. The minimum Gasteiger partial charge on any atom is -0.355 e. The Bertz CT molecular complexity index is 678. The second-order valence-corrected chi connectivity index (χ2v) is 5.10. The number of likely N-dealkylation sites (N-methyl/N-ethyl adjacent to an activating group) is 2. The zero-order valence-electron chi connectivity index (χ0n) is 13.3. The normalized spacial score (nSPS) is 10.7. The third kappa shape index (κ3) is 3.44. The number of para-hydroxylation sites is 2. The second-order valence-electron chi connectivity index (χ2n) is 5.10. The quantitative estimate of drug-likeness (QED) is 0.875. The first-order chi connectivity index (χ1) is 10.6. The fourth-order valence-corrected chi connectivity index (χ4v) is 2.43. The van der Waals surface area contributed by atoms with Crippen molar-refractivity contribution in [2.75, 3.05) is 19.6 Å². The highest BCUT2D eigenvalue weighted by atomic mass is 16.2. The lowest BCUT2D eigenvalue weighted by Crippen LogP contribution is -2.42. The summed E-state index contributed by atoms with van der Waals surface area (Å²) in [4.78, 5) is 30.2. The highest BCUT2D eigenvalue weighted by Gasteiger charge is 2.17. The first-order valence-electron chi connectivity index (χ1n) is 7.53. The molecule has 6 nitrogen and oxygen atoms in total. The van der Waals surface area contributed by atoms with Crippen LogP contribution in [0, 0.1) is 6.92 Å². The van der Waals surface area contributed by atoms with Crippen molar-refractivity contribution in [2.45, 2.75) is 27.3 Å². The standard InChI is InChI=1S/C16H22N4O2/c1-4-17-15(21)10-19(5-2)16(22)11-20-12(3)18-13-8-6-7-9-14(13)20/h6-9H,4-5,10-11H2,1-3H3,(H,17,21). The molecule has 0 unspecified atom stereocenters. The predicted octanol–water partition coefficient (Wildman–Crippen LogP) is 1.33. The zero-order valence-corrected chi connectivity index (χ0v) is 13.3. The molecular weight excluding hydrogens is 280 g/mol. The highest BCUT2D eigenvalue weighted by Crippen LogP contribution is 2.15. The van der Waals surface area contributed by atoms with Gasteiger partial charge < -0.3 is 14.8 Å². The summed E-state index contributed by atoms with van der Waals surface area (Å²) < 4.78 is 1.89. The second kappa shape index (κ2) is 7.06. The van der Waals surface area contributed by atoms with E-state index in [2.05, 4.69) is 10.3 Å². The summed E-state index contributed by atoms with van der Waals surface area (Å²) in [6, 6.07) is 7.73. The van der Waals surface area contributed by atoms with Crippen LogP contribution in [0.3, 0.4) is 0 Å². The fraction of sp³-hybridized carbons (Fsp3) is 0.438. The summed E-state index contributed by atoms with van der Waals surface area (Å²) in [5.41, 5.74) is 1.81. The smallest absolute Gasteiger partial charge is 0.243 e. The molecular formula is C16H22N4O2. The lowest BCUT2D eigenvalue weighted by molar-refractivity contribution is -0.136. The molecule has 2 rings (SSSR count). The summed E-state index contributed by atoms with van der Waals surface area (Å²) in [5.74, 6) is 0.577. The van der Waals surface area contributed by atoms with Gasteiger partial charge in [0.05, 0.1) is 17.6 Å². The molecule has 0 saturated heterocycles. The monoisotopic (exact) mass is 302 g/mol. The van der Waals surface area contributed by atoms with Crippen LogP contribution < -0.4 is 5.32 Å². The Morgan fingerprint density at radius 3 is 2.68 bits per heavy atom. The molecule has 0 aliphatic carbocycles. The molecule has 2 amide bonds. The first-order valence-corrected chi connectivity index (χ1v) is 7.53. The van der Waals surface area contributed by atoms with E-state index in [9.17, 15) is 9.59 Å². The van der Waals surface area contributed by atoms with E-state index in [0.717, 1.165) is 16.9 Å². The summed E-state index contributed by atoms with van der Waals surface area (Å²) in [6.07, 6.45) is 0. The zero-order chi connectivity index (χ0) is 16.1. The van der Waals surface area contributed by atoms with E-state index in [1.807, 2.05) is 49.6 Å². The van der Waals surface area contributed by atoms with Crippen LogP contribution in [0.25, 0.3) is 11.0 Å². The van der Waals surface area contributed by atoms with Gasteiger partial charge in [-0.2, -0.15) is 0 Å². The molecule has 1 aromatic carbocycles. The Kier molecular flexibility index (Phi) is 5.14. The molecule has 0 aliphatic rings. The molecule has 0 fully saturated rings. The van der Waals surface area contributed by atoms with Gasteiger partial charge in [-0.1, -0.05) is 12.1 Å². The van der Waals surface area contributed by atoms with Crippen LogP contribution in [-0.4, -0.2) is 45.9 Å². The molecule has 0 spiro atoms. The van der Waals surface area contributed by atoms with Crippen molar-refractivity contribution in [1.29, 1.82) is 0 Å². The molecule has 0 radical (unpaired) electrons. The predicted molar refractivity (Wildman–Crippen MR) is 85.4 cm³/mol. The van der Waals surface area contributed by atoms with Crippen molar-refractivity contribution in [3.63, 3.8) is 0 Å². The number of fused-ring (bicyclic) bond motifs is 1. The van der Waals surface area contributed by atoms with E-state index >= 15 is 0 Å². The number of aromatic nitrogens is 2. The van der Waals surface area contributed by atoms with Crippen LogP contribution in [0.4, 0.5) is 0 Å². The molecule has 2 aromatic rings. The number of amides is 2. The van der Waals surface area contributed by atoms with Crippen LogP contribution in [0.5, 0.6) is 0 Å². The number of carbonyl (C=O) groups is 2. The van der Waals surface area contributed by atoms with Gasteiger partial charge in [-0.05, 0) is 32.9 Å². The van der Waals surface area contributed by atoms with Gasteiger partial charge in [-0.25, -0.2) is 4.98 Å². The Balaban J connectivity index is 2.15. The van der Waals surface area contributed by atoms with E-state index < -0.39 is 0 Å². The molecule has 1 aromatic heterocycles. The number of carbonyl (C=O) groups excluding carboxylic acids is 2. The average Bonchev–Trinajstić information content (AvgIpc) is 2.81. The van der Waals surface area contributed by atoms with Crippen molar-refractivity contribution in [2.24, 2.45) is 0 Å². The molecule has 118 valence electrons. The van der Waals surface area contributed by atoms with Gasteiger partial charge in [0, 0.05) is 13.1 Å². The van der Waals surface area contributed by atoms with Crippen molar-refractivity contribution in [3.8, 4) is 0 Å². The van der Waals surface area contributed by atoms with Gasteiger partial charge in [0.25, 0.3) is 0 Å². The van der Waals surface area contributed by atoms with Crippen molar-refractivity contribution in [1.82, 2.24) is 19.8 Å². The number of hydrogen-bond donors (Lipinski definition) is 1. The van der Waals surface area contributed by atoms with E-state index in [4.69, 9.17) is 0 Å². The Labute approximate surface area is 130 Å². The maximum atomic E-state index is 12.5. The molecule has 0 bridgehead atoms. The average molecular weight is 302 g/mol. The Morgan fingerprint density at radius 1 is 1.27 bits per heavy atom. The van der Waals surface area contributed by atoms with Crippen LogP contribution >= 0.6 is 0 Å². The topological polar surface area (TPSA) is 67.2 Å². The number of benzene rings is 1. The number of imidazole rings is 1. The maximum absolute atomic E-state index is 12.5. The largest absolute Gasteiger partial charge is 0.355 e. The van der Waals surface area contributed by atoms with Crippen LogP contribution in [-0.2, 0) is 16.1 Å². The van der Waals surface area contributed by atoms with E-state index in [1.165, 1.54) is 0 Å². The lowest BCUT2D eigenvalue weighted by atomic mass is 10.3. The third-order valence-electron chi connectivity index (χ3n) is 3.58. The van der Waals surface area contributed by atoms with E-state index in [1.54, 1.807) is 4.90 Å². The summed E-state index contributed by atoms with van der Waals surface area (Å²) in [7, 11) is 0. The number of aryl methyl sites for hydroxylation is 1. The van der Waals surface area contributed by atoms with Crippen molar-refractivity contribution < 1.29 is 9.59 Å². The minimum atomic E-state index is -0.134. The van der Waals surface area contributed by atoms with E-state index in [0.29, 0.717) is 13.1 Å². The molecule has 1 heterocycles. The van der Waals surface area contributed by atoms with Crippen molar-refractivity contribution >= 4 is 22.8 Å². The molecule has 6 heteroatoms. The molecule has 0 atom stereocenters. The molecule has 0 aliphatic heterocycles. The van der Waals surface area contributed by atoms with Gasteiger partial charge in [0.15, 0.2) is 0 Å². The molecule has 0 saturated carbocycles. The lowest BCUT2D eigenvalue weighted by Gasteiger charge is -2.21. The SMILES string of the molecule is CCNC(=O)CN(CC)C(=O)Cn1c(C)nc2ccccc21. The summed E-state index contributed by atoms with van der Waals surface area (Å²) >= 11 is 0. The number of nitrogens with zero attached hydrogens (tertiary/aromatic N) is 3. The summed E-state index contributed by atoms with van der Waals surface area (Å²) in [5, 5.41) is 2.71. The van der Waals surface area contributed by atoms with Crippen LogP contribution in [0.1, 0.15) is 19.7 Å². The highest BCUT2D eigenvalue weighted by molar-refractivity contribution is 5.86. The van der Waals surface area contributed by atoms with Gasteiger partial charge in [0.1, 0.15) is 12.4 Å². The first kappa shape index (κ1) is 16.0. The van der Waals surface area contributed by atoms with Gasteiger partial charge >= 0.3 is 0 Å². The van der Waals surface area contributed by atoms with Crippen LogP contribution in [0.2, 0.25) is 0 Å². The number of nitrogens with one attached hydrogen (secondary N) is 1. The number of rotatable bonds is 6. The Morgan fingerprint density at radius 2 is 2.00 bits per heavy atom. The molecule has 22 heavy (non-hydrogen) atoms. The minimum absolute atomic E-state index is 0.0833. The fourth-order valence-electron chi connectivity index (χ4n) is 2.43. The van der Waals surface area contributed by atoms with E-state index in [-0.39, 0.29) is 24.9 Å². The number of hydrogen-bond acceptors (Lipinski definition) is 3. The van der Waals surface area contributed by atoms with Gasteiger partial charge in [0.2, 0.25) is 11.8 Å². The van der Waals surface area contributed by atoms with Crippen LogP contribution in [0.15, 0.2) is 24.3 Å². The maximum Gasteiger partial charge on any atom is 0.243 e.